The Hall–Kier alpha value is -0.830. The van der Waals surface area contributed by atoms with Crippen molar-refractivity contribution in [1.82, 2.24) is 0 Å². The van der Waals surface area contributed by atoms with Crippen LogP contribution in [0.15, 0.2) is 30.3 Å². The second-order valence-electron chi connectivity index (χ2n) is 2.29. The smallest absolute Gasteiger partial charge is 0.140 e. The van der Waals surface area contributed by atoms with Crippen molar-refractivity contribution in [1.29, 1.82) is 0 Å². The Morgan fingerprint density at radius 3 is 2.27 bits per heavy atom. The standard InChI is InChI=1S/C8H10O2S/c9-11(10)7-6-8-4-2-1-3-5-8/h1-5,11H,6-7H2. The second-order valence-corrected chi connectivity index (χ2v) is 3.40. The van der Waals surface area contributed by atoms with E-state index in [-0.39, 0.29) is 5.75 Å². The third-order valence-corrected chi connectivity index (χ3v) is 2.01. The van der Waals surface area contributed by atoms with Crippen molar-refractivity contribution in [3.8, 4) is 0 Å². The summed E-state index contributed by atoms with van der Waals surface area (Å²) in [5.74, 6) is 0.249. The van der Waals surface area contributed by atoms with Crippen molar-refractivity contribution in [3.63, 3.8) is 0 Å². The van der Waals surface area contributed by atoms with Crippen LogP contribution in [0.4, 0.5) is 0 Å². The molecule has 0 atom stereocenters. The van der Waals surface area contributed by atoms with Crippen molar-refractivity contribution in [3.05, 3.63) is 35.9 Å². The Morgan fingerprint density at radius 2 is 1.73 bits per heavy atom. The maximum Gasteiger partial charge on any atom is 0.140 e. The fourth-order valence-electron chi connectivity index (χ4n) is 0.865. The van der Waals surface area contributed by atoms with Gasteiger partial charge in [-0.05, 0) is 12.0 Å². The largest absolute Gasteiger partial charge is 0.232 e. The monoisotopic (exact) mass is 170 g/mol. The van der Waals surface area contributed by atoms with Gasteiger partial charge in [0.05, 0.1) is 5.75 Å². The molecule has 0 aliphatic heterocycles. The molecule has 0 saturated carbocycles. The lowest BCUT2D eigenvalue weighted by molar-refractivity contribution is 0.614. The van der Waals surface area contributed by atoms with E-state index in [1.165, 1.54) is 0 Å². The molecule has 1 aromatic rings. The van der Waals surface area contributed by atoms with E-state index in [1.807, 2.05) is 30.3 Å². The lowest BCUT2D eigenvalue weighted by Gasteiger charge is -1.93. The summed E-state index contributed by atoms with van der Waals surface area (Å²) < 4.78 is 20.4. The van der Waals surface area contributed by atoms with Crippen molar-refractivity contribution < 1.29 is 8.42 Å². The van der Waals surface area contributed by atoms with Crippen LogP contribution in [-0.2, 0) is 17.1 Å². The molecule has 60 valence electrons. The fourth-order valence-corrected chi connectivity index (χ4v) is 1.31. The van der Waals surface area contributed by atoms with Crippen LogP contribution in [0.5, 0.6) is 0 Å². The molecule has 0 heterocycles. The Balaban J connectivity index is 2.52. The molecule has 0 saturated heterocycles. The summed E-state index contributed by atoms with van der Waals surface area (Å²) in [6.45, 7) is 0. The number of hydrogen-bond donors (Lipinski definition) is 1. The second kappa shape index (κ2) is 4.13. The first-order chi connectivity index (χ1) is 5.29. The van der Waals surface area contributed by atoms with Crippen LogP contribution < -0.4 is 0 Å². The molecule has 0 spiro atoms. The number of aryl methyl sites for hydroxylation is 1. The fraction of sp³-hybridized carbons (Fsp3) is 0.250. The van der Waals surface area contributed by atoms with Crippen molar-refractivity contribution in [2.75, 3.05) is 5.75 Å². The first kappa shape index (κ1) is 8.27. The molecule has 0 N–H and O–H groups in total. The summed E-state index contributed by atoms with van der Waals surface area (Å²) in [5.41, 5.74) is 1.08. The van der Waals surface area contributed by atoms with E-state index < -0.39 is 10.7 Å². The summed E-state index contributed by atoms with van der Waals surface area (Å²) in [5, 5.41) is 0. The minimum absolute atomic E-state index is 0.249. The van der Waals surface area contributed by atoms with Gasteiger partial charge in [0.2, 0.25) is 0 Å². The van der Waals surface area contributed by atoms with Crippen LogP contribution in [-0.4, -0.2) is 14.2 Å². The molecule has 0 radical (unpaired) electrons. The number of benzene rings is 1. The van der Waals surface area contributed by atoms with Gasteiger partial charge in [-0.15, -0.1) is 0 Å². The van der Waals surface area contributed by atoms with Crippen LogP contribution in [0.3, 0.4) is 0 Å². The van der Waals surface area contributed by atoms with E-state index in [0.29, 0.717) is 6.42 Å². The molecule has 1 rings (SSSR count). The summed E-state index contributed by atoms with van der Waals surface area (Å²) in [6.07, 6.45) is 0.625. The molecule has 11 heavy (non-hydrogen) atoms. The number of thiol groups is 1. The predicted molar refractivity (Wildman–Crippen MR) is 45.3 cm³/mol. The minimum Gasteiger partial charge on any atom is -0.232 e. The molecule has 0 fully saturated rings. The van der Waals surface area contributed by atoms with Crippen LogP contribution in [0.2, 0.25) is 0 Å². The van der Waals surface area contributed by atoms with Gasteiger partial charge in [-0.25, -0.2) is 8.42 Å². The molecule has 2 nitrogen and oxygen atoms in total. The van der Waals surface area contributed by atoms with E-state index >= 15 is 0 Å². The molecule has 0 unspecified atom stereocenters. The molecular weight excluding hydrogens is 160 g/mol. The highest BCUT2D eigenvalue weighted by atomic mass is 32.2. The highest BCUT2D eigenvalue weighted by molar-refractivity contribution is 7.72. The van der Waals surface area contributed by atoms with E-state index in [1.54, 1.807) is 0 Å². The topological polar surface area (TPSA) is 34.1 Å². The first-order valence-corrected chi connectivity index (χ1v) is 4.81. The molecule has 1 aromatic carbocycles. The van der Waals surface area contributed by atoms with Crippen molar-refractivity contribution in [2.45, 2.75) is 6.42 Å². The Labute approximate surface area is 67.8 Å². The predicted octanol–water partition coefficient (Wildman–Crippen LogP) is 0.841. The van der Waals surface area contributed by atoms with Crippen LogP contribution in [0, 0.1) is 0 Å². The van der Waals surface area contributed by atoms with Gasteiger partial charge in [-0.1, -0.05) is 30.3 Å². The third kappa shape index (κ3) is 3.18. The Bertz CT molecular complexity index is 269. The average molecular weight is 170 g/mol. The molecule has 0 aromatic heterocycles. The van der Waals surface area contributed by atoms with Crippen molar-refractivity contribution >= 4 is 10.7 Å². The van der Waals surface area contributed by atoms with Gasteiger partial charge >= 0.3 is 0 Å². The Kier molecular flexibility index (Phi) is 3.11. The SMILES string of the molecule is O=[SH](=O)CCc1ccccc1. The number of rotatable bonds is 3. The van der Waals surface area contributed by atoms with Gasteiger partial charge in [-0.2, -0.15) is 0 Å². The highest BCUT2D eigenvalue weighted by Gasteiger charge is 1.91. The quantitative estimate of drug-likeness (QED) is 0.682. The molecule has 0 aliphatic rings. The van der Waals surface area contributed by atoms with Gasteiger partial charge in [0.1, 0.15) is 10.7 Å². The third-order valence-electron chi connectivity index (χ3n) is 1.43. The zero-order valence-corrected chi connectivity index (χ0v) is 6.96. The van der Waals surface area contributed by atoms with Crippen LogP contribution in [0.25, 0.3) is 0 Å². The Morgan fingerprint density at radius 1 is 1.09 bits per heavy atom. The zero-order chi connectivity index (χ0) is 8.10. The molecular formula is C8H10O2S. The van der Waals surface area contributed by atoms with Crippen LogP contribution >= 0.6 is 0 Å². The van der Waals surface area contributed by atoms with E-state index in [4.69, 9.17) is 0 Å². The van der Waals surface area contributed by atoms with Crippen LogP contribution in [0.1, 0.15) is 5.56 Å². The van der Waals surface area contributed by atoms with Gasteiger partial charge < -0.3 is 0 Å². The molecule has 3 heteroatoms. The summed E-state index contributed by atoms with van der Waals surface area (Å²) >= 11 is 0. The van der Waals surface area contributed by atoms with Gasteiger partial charge in [0.15, 0.2) is 0 Å². The van der Waals surface area contributed by atoms with E-state index in [0.717, 1.165) is 5.56 Å². The lowest BCUT2D eigenvalue weighted by atomic mass is 10.2. The summed E-state index contributed by atoms with van der Waals surface area (Å²) in [7, 11) is -2.22. The first-order valence-electron chi connectivity index (χ1n) is 3.45. The summed E-state index contributed by atoms with van der Waals surface area (Å²) in [6, 6.07) is 9.60. The van der Waals surface area contributed by atoms with E-state index in [2.05, 4.69) is 0 Å². The molecule has 0 aliphatic carbocycles. The maximum absolute atomic E-state index is 10.2. The zero-order valence-electron chi connectivity index (χ0n) is 6.06. The average Bonchev–Trinajstić information content (AvgIpc) is 2.03. The summed E-state index contributed by atoms with van der Waals surface area (Å²) in [4.78, 5) is 0. The maximum atomic E-state index is 10.2. The minimum atomic E-state index is -2.22. The lowest BCUT2D eigenvalue weighted by Crippen LogP contribution is -1.92. The molecule has 0 bridgehead atoms. The van der Waals surface area contributed by atoms with Crippen molar-refractivity contribution in [2.24, 2.45) is 0 Å². The van der Waals surface area contributed by atoms with E-state index in [9.17, 15) is 8.42 Å². The number of hydrogen-bond acceptors (Lipinski definition) is 2. The molecule has 0 amide bonds. The van der Waals surface area contributed by atoms with Gasteiger partial charge in [-0.3, -0.25) is 0 Å². The van der Waals surface area contributed by atoms with Gasteiger partial charge in [0, 0.05) is 0 Å². The van der Waals surface area contributed by atoms with Gasteiger partial charge in [0.25, 0.3) is 0 Å². The highest BCUT2D eigenvalue weighted by Crippen LogP contribution is 1.98. The normalized spacial score (nSPS) is 10.3.